The van der Waals surface area contributed by atoms with Crippen LogP contribution in [0.2, 0.25) is 0 Å². The minimum atomic E-state index is -0.123. The second-order valence-electron chi connectivity index (χ2n) is 9.34. The van der Waals surface area contributed by atoms with Gasteiger partial charge < -0.3 is 20.3 Å². The van der Waals surface area contributed by atoms with Crippen molar-refractivity contribution in [1.82, 2.24) is 4.90 Å². The summed E-state index contributed by atoms with van der Waals surface area (Å²) in [4.78, 5) is 23.9. The SMILES string of the molecule is CCNc1ccc(C#N)cc1/N=C1\S/C(=C(\C)N(C)c2ccc(NCCOC)cc2S)C(=O)N1Cc1ccccc1. The number of hydrogen-bond acceptors (Lipinski definition) is 9. The maximum atomic E-state index is 13.9. The van der Waals surface area contributed by atoms with Gasteiger partial charge in [0, 0.05) is 43.5 Å². The van der Waals surface area contributed by atoms with E-state index in [0.717, 1.165) is 33.2 Å². The number of allylic oxidation sites excluding steroid dienone is 1. The van der Waals surface area contributed by atoms with Gasteiger partial charge in [-0.15, -0.1) is 12.6 Å². The number of hydrogen-bond donors (Lipinski definition) is 3. The predicted octanol–water partition coefficient (Wildman–Crippen LogP) is 6.47. The standard InChI is InChI=1S/C31H34N6O2S2/c1-5-33-25-13-11-23(19-32)17-26(25)35-31-37(20-22-9-7-6-8-10-22)30(38)29(41-31)21(2)36(3)27-14-12-24(18-28(27)40)34-15-16-39-4/h6-14,17-18,33-34,40H,5,15-16,20H2,1-4H3/b29-21+,35-31-. The van der Waals surface area contributed by atoms with Crippen molar-refractivity contribution in [2.45, 2.75) is 25.3 Å². The van der Waals surface area contributed by atoms with Crippen molar-refractivity contribution >= 4 is 58.2 Å². The lowest BCUT2D eigenvalue weighted by Gasteiger charge is -2.23. The number of nitriles is 1. The monoisotopic (exact) mass is 586 g/mol. The summed E-state index contributed by atoms with van der Waals surface area (Å²) in [5, 5.41) is 16.7. The van der Waals surface area contributed by atoms with Crippen LogP contribution in [0.4, 0.5) is 22.7 Å². The first kappa shape index (κ1) is 30.1. The fourth-order valence-electron chi connectivity index (χ4n) is 4.30. The Morgan fingerprint density at radius 2 is 1.93 bits per heavy atom. The highest BCUT2D eigenvalue weighted by Gasteiger charge is 2.36. The summed E-state index contributed by atoms with van der Waals surface area (Å²) in [5.74, 6) is -0.123. The number of nitrogens with zero attached hydrogens (tertiary/aromatic N) is 4. The summed E-state index contributed by atoms with van der Waals surface area (Å²) in [6, 6.07) is 23.3. The average Bonchev–Trinajstić information content (AvgIpc) is 3.28. The van der Waals surface area contributed by atoms with Crippen molar-refractivity contribution in [2.24, 2.45) is 4.99 Å². The van der Waals surface area contributed by atoms with Crippen LogP contribution in [0.5, 0.6) is 0 Å². The fourth-order valence-corrected chi connectivity index (χ4v) is 5.73. The maximum absolute atomic E-state index is 13.9. The van der Waals surface area contributed by atoms with Crippen LogP contribution >= 0.6 is 24.4 Å². The lowest BCUT2D eigenvalue weighted by Crippen LogP contribution is -2.29. The first-order valence-electron chi connectivity index (χ1n) is 13.3. The number of aliphatic imine (C=N–C) groups is 1. The molecular formula is C31H34N6O2S2. The molecule has 0 spiro atoms. The van der Waals surface area contributed by atoms with Crippen LogP contribution in [0.1, 0.15) is 25.0 Å². The Morgan fingerprint density at radius 3 is 2.61 bits per heavy atom. The van der Waals surface area contributed by atoms with Gasteiger partial charge in [-0.1, -0.05) is 30.3 Å². The van der Waals surface area contributed by atoms with Gasteiger partial charge in [-0.25, -0.2) is 4.99 Å². The van der Waals surface area contributed by atoms with Crippen molar-refractivity contribution < 1.29 is 9.53 Å². The van der Waals surface area contributed by atoms with Gasteiger partial charge in [-0.3, -0.25) is 9.69 Å². The molecule has 0 radical (unpaired) electrons. The van der Waals surface area contributed by atoms with Crippen LogP contribution in [-0.4, -0.2) is 49.8 Å². The number of anilines is 3. The van der Waals surface area contributed by atoms with E-state index in [4.69, 9.17) is 22.4 Å². The van der Waals surface area contributed by atoms with E-state index in [1.54, 1.807) is 24.1 Å². The molecule has 1 amide bonds. The summed E-state index contributed by atoms with van der Waals surface area (Å²) in [6.07, 6.45) is 0. The topological polar surface area (TPSA) is 93.0 Å². The van der Waals surface area contributed by atoms with E-state index in [9.17, 15) is 10.1 Å². The van der Waals surface area contributed by atoms with Gasteiger partial charge >= 0.3 is 0 Å². The third-order valence-electron chi connectivity index (χ3n) is 6.56. The highest BCUT2D eigenvalue weighted by Crippen LogP contribution is 2.39. The number of carbonyl (C=O) groups excluding carboxylic acids is 1. The second kappa shape index (κ2) is 14.1. The largest absolute Gasteiger partial charge is 0.384 e. The molecule has 2 N–H and O–H groups in total. The van der Waals surface area contributed by atoms with Crippen molar-refractivity contribution in [3.8, 4) is 6.07 Å². The molecule has 1 aliphatic rings. The summed E-state index contributed by atoms with van der Waals surface area (Å²) in [5.41, 5.74) is 5.52. The van der Waals surface area contributed by atoms with E-state index in [0.29, 0.717) is 47.6 Å². The lowest BCUT2D eigenvalue weighted by molar-refractivity contribution is -0.122. The molecule has 41 heavy (non-hydrogen) atoms. The Labute approximate surface area is 251 Å². The molecule has 0 aliphatic carbocycles. The smallest absolute Gasteiger partial charge is 0.268 e. The zero-order valence-corrected chi connectivity index (χ0v) is 25.4. The number of nitrogens with one attached hydrogen (secondary N) is 2. The summed E-state index contributed by atoms with van der Waals surface area (Å²) in [7, 11) is 3.60. The van der Waals surface area contributed by atoms with Crippen molar-refractivity contribution in [3.63, 3.8) is 0 Å². The molecule has 0 bridgehead atoms. The van der Waals surface area contributed by atoms with E-state index in [1.165, 1.54) is 11.8 Å². The lowest BCUT2D eigenvalue weighted by atomic mass is 10.2. The maximum Gasteiger partial charge on any atom is 0.268 e. The number of benzene rings is 3. The normalized spacial score (nSPS) is 15.2. The van der Waals surface area contributed by atoms with Crippen molar-refractivity contribution in [3.05, 3.63) is 88.5 Å². The zero-order chi connectivity index (χ0) is 29.4. The van der Waals surface area contributed by atoms with Gasteiger partial charge in [0.15, 0.2) is 5.17 Å². The number of thiol groups is 1. The van der Waals surface area contributed by atoms with Gasteiger partial charge in [0.1, 0.15) is 0 Å². The summed E-state index contributed by atoms with van der Waals surface area (Å²) in [6.45, 7) is 6.31. The van der Waals surface area contributed by atoms with E-state index in [2.05, 4.69) is 16.7 Å². The quantitative estimate of drug-likeness (QED) is 0.135. The van der Waals surface area contributed by atoms with Crippen LogP contribution in [0, 0.1) is 11.3 Å². The van der Waals surface area contributed by atoms with Crippen LogP contribution in [0.15, 0.2) is 87.2 Å². The average molecular weight is 587 g/mol. The molecule has 0 saturated carbocycles. The Kier molecular flexibility index (Phi) is 10.4. The summed E-state index contributed by atoms with van der Waals surface area (Å²) < 4.78 is 5.12. The molecule has 1 aliphatic heterocycles. The summed E-state index contributed by atoms with van der Waals surface area (Å²) >= 11 is 6.07. The Balaban J connectivity index is 1.72. The minimum Gasteiger partial charge on any atom is -0.384 e. The predicted molar refractivity (Wildman–Crippen MR) is 172 cm³/mol. The van der Waals surface area contributed by atoms with E-state index in [1.807, 2.05) is 80.4 Å². The van der Waals surface area contributed by atoms with Crippen molar-refractivity contribution in [1.29, 1.82) is 5.26 Å². The fraction of sp³-hybridized carbons (Fsp3) is 0.258. The molecule has 0 unspecified atom stereocenters. The number of ether oxygens (including phenoxy) is 1. The van der Waals surface area contributed by atoms with Gasteiger partial charge in [-0.05, 0) is 67.6 Å². The second-order valence-corrected chi connectivity index (χ2v) is 10.8. The number of carbonyl (C=O) groups is 1. The van der Waals surface area contributed by atoms with Crippen molar-refractivity contribution in [2.75, 3.05) is 49.4 Å². The number of amides is 1. The highest BCUT2D eigenvalue weighted by atomic mass is 32.2. The Bertz CT molecular complexity index is 1500. The van der Waals surface area contributed by atoms with E-state index in [-0.39, 0.29) is 5.91 Å². The number of rotatable bonds is 11. The van der Waals surface area contributed by atoms with Crippen LogP contribution in [0.3, 0.4) is 0 Å². The Hall–Kier alpha value is -3.91. The van der Waals surface area contributed by atoms with E-state index >= 15 is 0 Å². The van der Waals surface area contributed by atoms with Gasteiger partial charge in [0.05, 0.1) is 46.8 Å². The van der Waals surface area contributed by atoms with Crippen LogP contribution in [0.25, 0.3) is 0 Å². The molecular weight excluding hydrogens is 553 g/mol. The molecule has 0 atom stereocenters. The Morgan fingerprint density at radius 1 is 1.15 bits per heavy atom. The number of amidine groups is 1. The minimum absolute atomic E-state index is 0.123. The van der Waals surface area contributed by atoms with Gasteiger partial charge in [-0.2, -0.15) is 5.26 Å². The molecule has 8 nitrogen and oxygen atoms in total. The first-order valence-corrected chi connectivity index (χ1v) is 14.5. The number of methoxy groups -OCH3 is 1. The molecule has 3 aromatic carbocycles. The highest BCUT2D eigenvalue weighted by molar-refractivity contribution is 8.18. The van der Waals surface area contributed by atoms with E-state index < -0.39 is 0 Å². The molecule has 212 valence electrons. The molecule has 0 aromatic heterocycles. The first-order chi connectivity index (χ1) is 19.9. The molecule has 1 fully saturated rings. The van der Waals surface area contributed by atoms with Crippen LogP contribution in [-0.2, 0) is 16.1 Å². The molecule has 1 saturated heterocycles. The molecule has 1 heterocycles. The third kappa shape index (κ3) is 7.24. The van der Waals surface area contributed by atoms with Gasteiger partial charge in [0.2, 0.25) is 0 Å². The third-order valence-corrected chi connectivity index (χ3v) is 8.09. The molecule has 10 heteroatoms. The molecule has 4 rings (SSSR count). The molecule has 3 aromatic rings. The number of thioether (sulfide) groups is 1. The van der Waals surface area contributed by atoms with Crippen LogP contribution < -0.4 is 15.5 Å². The van der Waals surface area contributed by atoms with Gasteiger partial charge in [0.25, 0.3) is 5.91 Å². The zero-order valence-electron chi connectivity index (χ0n) is 23.6.